The fraction of sp³-hybridized carbons (Fsp3) is 0.950. The van der Waals surface area contributed by atoms with Crippen molar-refractivity contribution in [3.8, 4) is 0 Å². The molecular formula is C20H35ORb. The standard InChI is InChI=1S/C20H35O.Rb/c1-16-7-9-18(10-8-16)19-11-13-20(14-12-19)21-15-17-5-3-2-4-6-17;/h2,16-20H,3-15H2,1H3;/q-1;+1. The van der Waals surface area contributed by atoms with Crippen LogP contribution in [0.3, 0.4) is 0 Å². The van der Waals surface area contributed by atoms with E-state index in [1.165, 1.54) is 77.0 Å². The maximum absolute atomic E-state index is 6.26. The number of hydrogen-bond donors (Lipinski definition) is 0. The second-order valence-electron chi connectivity index (χ2n) is 8.20. The van der Waals surface area contributed by atoms with Crippen molar-refractivity contribution in [3.63, 3.8) is 0 Å². The van der Waals surface area contributed by atoms with Crippen LogP contribution in [0.1, 0.15) is 84.0 Å². The van der Waals surface area contributed by atoms with Crippen LogP contribution >= 0.6 is 0 Å². The van der Waals surface area contributed by atoms with Gasteiger partial charge in [-0.25, -0.2) is 0 Å². The predicted molar refractivity (Wildman–Crippen MR) is 89.1 cm³/mol. The normalized spacial score (nSPS) is 37.5. The summed E-state index contributed by atoms with van der Waals surface area (Å²) in [4.78, 5) is 0. The number of rotatable bonds is 4. The van der Waals surface area contributed by atoms with Gasteiger partial charge in [0.25, 0.3) is 0 Å². The third-order valence-electron chi connectivity index (χ3n) is 6.57. The Labute approximate surface area is 187 Å². The van der Waals surface area contributed by atoms with E-state index in [0.29, 0.717) is 6.10 Å². The molecule has 3 rings (SSSR count). The molecule has 2 heteroatoms. The summed E-state index contributed by atoms with van der Waals surface area (Å²) in [5, 5.41) is 0. The molecule has 0 N–H and O–H groups in total. The smallest absolute Gasteiger partial charge is 0.378 e. The zero-order chi connectivity index (χ0) is 14.5. The van der Waals surface area contributed by atoms with Crippen LogP contribution in [0.4, 0.5) is 0 Å². The molecule has 3 aliphatic rings. The quantitative estimate of drug-likeness (QED) is 0.685. The van der Waals surface area contributed by atoms with Gasteiger partial charge in [-0.05, 0) is 62.2 Å². The van der Waals surface area contributed by atoms with Gasteiger partial charge in [-0.3, -0.25) is 0 Å². The summed E-state index contributed by atoms with van der Waals surface area (Å²) in [6.45, 7) is 3.48. The molecule has 0 aromatic carbocycles. The van der Waals surface area contributed by atoms with Crippen molar-refractivity contribution < 1.29 is 62.9 Å². The van der Waals surface area contributed by atoms with E-state index in [1.54, 1.807) is 0 Å². The van der Waals surface area contributed by atoms with Crippen LogP contribution < -0.4 is 58.2 Å². The van der Waals surface area contributed by atoms with Crippen LogP contribution in [0.25, 0.3) is 0 Å². The zero-order valence-corrected chi connectivity index (χ0v) is 20.0. The summed E-state index contributed by atoms with van der Waals surface area (Å²) in [6.07, 6.45) is 20.0. The summed E-state index contributed by atoms with van der Waals surface area (Å²) in [7, 11) is 0. The third-order valence-corrected chi connectivity index (χ3v) is 6.57. The van der Waals surface area contributed by atoms with E-state index >= 15 is 0 Å². The Hall–Kier alpha value is 1.77. The predicted octanol–water partition coefficient (Wildman–Crippen LogP) is 2.79. The Balaban J connectivity index is 0.00000176. The zero-order valence-electron chi connectivity index (χ0n) is 15.1. The van der Waals surface area contributed by atoms with Gasteiger partial charge in [-0.1, -0.05) is 32.6 Å². The van der Waals surface area contributed by atoms with Crippen molar-refractivity contribution >= 4 is 0 Å². The topological polar surface area (TPSA) is 9.23 Å². The molecule has 0 unspecified atom stereocenters. The van der Waals surface area contributed by atoms with Gasteiger partial charge in [0, 0.05) is 6.61 Å². The molecule has 0 amide bonds. The third kappa shape index (κ3) is 6.25. The van der Waals surface area contributed by atoms with Gasteiger partial charge in [0.05, 0.1) is 6.10 Å². The van der Waals surface area contributed by atoms with Crippen LogP contribution in [0.5, 0.6) is 0 Å². The second kappa shape index (κ2) is 10.7. The number of hydrogen-bond acceptors (Lipinski definition) is 1. The molecular weight excluding hydrogens is 342 g/mol. The van der Waals surface area contributed by atoms with Gasteiger partial charge in [0.2, 0.25) is 0 Å². The minimum Gasteiger partial charge on any atom is -0.378 e. The second-order valence-corrected chi connectivity index (χ2v) is 8.20. The monoisotopic (exact) mass is 376 g/mol. The maximum Gasteiger partial charge on any atom is 1.00 e. The molecule has 0 atom stereocenters. The summed E-state index contributed by atoms with van der Waals surface area (Å²) < 4.78 is 6.26. The van der Waals surface area contributed by atoms with E-state index in [2.05, 4.69) is 13.3 Å². The molecule has 3 aliphatic carbocycles. The van der Waals surface area contributed by atoms with Crippen LogP contribution in [0, 0.1) is 30.1 Å². The Morgan fingerprint density at radius 1 is 0.773 bits per heavy atom. The van der Waals surface area contributed by atoms with Gasteiger partial charge in [-0.2, -0.15) is 12.8 Å². The minimum atomic E-state index is 0. The Morgan fingerprint density at radius 2 is 1.32 bits per heavy atom. The first-order chi connectivity index (χ1) is 10.3. The molecule has 0 aliphatic heterocycles. The molecule has 0 aromatic heterocycles. The van der Waals surface area contributed by atoms with E-state index in [0.717, 1.165) is 30.3 Å². The van der Waals surface area contributed by atoms with E-state index in [-0.39, 0.29) is 58.2 Å². The van der Waals surface area contributed by atoms with Crippen molar-refractivity contribution in [2.24, 2.45) is 23.7 Å². The van der Waals surface area contributed by atoms with Gasteiger partial charge < -0.3 is 11.2 Å². The van der Waals surface area contributed by atoms with Gasteiger partial charge in [0.1, 0.15) is 0 Å². The summed E-state index contributed by atoms with van der Waals surface area (Å²) >= 11 is 0. The fourth-order valence-corrected chi connectivity index (χ4v) is 4.92. The molecule has 22 heavy (non-hydrogen) atoms. The molecule has 0 saturated heterocycles. The van der Waals surface area contributed by atoms with Crippen LogP contribution in [0.2, 0.25) is 0 Å². The Morgan fingerprint density at radius 3 is 1.91 bits per heavy atom. The van der Waals surface area contributed by atoms with Crippen molar-refractivity contribution in [1.82, 2.24) is 0 Å². The van der Waals surface area contributed by atoms with Crippen molar-refractivity contribution in [1.29, 1.82) is 0 Å². The summed E-state index contributed by atoms with van der Waals surface area (Å²) in [5.41, 5.74) is 0. The van der Waals surface area contributed by atoms with Crippen LogP contribution in [-0.4, -0.2) is 12.7 Å². The molecule has 0 heterocycles. The molecule has 122 valence electrons. The molecule has 1 nitrogen and oxygen atoms in total. The first-order valence-corrected chi connectivity index (χ1v) is 9.74. The summed E-state index contributed by atoms with van der Waals surface area (Å²) in [5.74, 6) is 3.93. The van der Waals surface area contributed by atoms with Crippen molar-refractivity contribution in [2.75, 3.05) is 6.61 Å². The minimum absolute atomic E-state index is 0. The van der Waals surface area contributed by atoms with Gasteiger partial charge in [0.15, 0.2) is 0 Å². The van der Waals surface area contributed by atoms with E-state index in [1.807, 2.05) is 0 Å². The van der Waals surface area contributed by atoms with E-state index < -0.39 is 0 Å². The Kier molecular flexibility index (Phi) is 9.76. The fourth-order valence-electron chi connectivity index (χ4n) is 4.92. The first-order valence-electron chi connectivity index (χ1n) is 9.74. The van der Waals surface area contributed by atoms with Gasteiger partial charge in [-0.15, -0.1) is 0 Å². The van der Waals surface area contributed by atoms with Crippen molar-refractivity contribution in [3.05, 3.63) is 6.42 Å². The average Bonchev–Trinajstić information content (AvgIpc) is 2.55. The molecule has 0 aromatic rings. The number of ether oxygens (including phenoxy) is 1. The SMILES string of the molecule is CC1CCC(C2CCC(OCC3CC[CH-]CC3)CC2)CC1.[Rb+]. The summed E-state index contributed by atoms with van der Waals surface area (Å²) in [6, 6.07) is 0. The maximum atomic E-state index is 6.26. The van der Waals surface area contributed by atoms with Crippen LogP contribution in [0.15, 0.2) is 0 Å². The van der Waals surface area contributed by atoms with E-state index in [9.17, 15) is 0 Å². The van der Waals surface area contributed by atoms with Crippen LogP contribution in [-0.2, 0) is 4.74 Å². The average molecular weight is 377 g/mol. The molecule has 0 radical (unpaired) electrons. The largest absolute Gasteiger partial charge is 1.00 e. The van der Waals surface area contributed by atoms with Crippen molar-refractivity contribution in [2.45, 2.75) is 90.1 Å². The molecule has 3 fully saturated rings. The first kappa shape index (κ1) is 20.1. The molecule has 0 spiro atoms. The molecule has 0 bridgehead atoms. The Bertz CT molecular complexity index is 284. The van der Waals surface area contributed by atoms with E-state index in [4.69, 9.17) is 4.74 Å². The van der Waals surface area contributed by atoms with Gasteiger partial charge >= 0.3 is 58.2 Å². The molecule has 3 saturated carbocycles.